The SMILES string of the molecule is CC(C)(Oc1ccc(C(=O)c2ccc(Cl)cc2)cc1)C(=O)OC1O[C@H](C(=O)O)[C@@H](O)[C@H](O)[C@H]1O. The summed E-state index contributed by atoms with van der Waals surface area (Å²) in [6, 6.07) is 12.4. The minimum atomic E-state index is -1.92. The molecule has 0 radical (unpaired) electrons. The lowest BCUT2D eigenvalue weighted by Crippen LogP contribution is -2.61. The normalized spacial score (nSPS) is 24.8. The number of hydrogen-bond acceptors (Lipinski definition) is 9. The summed E-state index contributed by atoms with van der Waals surface area (Å²) in [5, 5.41) is 39.2. The van der Waals surface area contributed by atoms with E-state index in [1.54, 1.807) is 24.3 Å². The molecule has 0 bridgehead atoms. The van der Waals surface area contributed by atoms with Crippen LogP contribution in [0.5, 0.6) is 5.75 Å². The predicted molar refractivity (Wildman–Crippen MR) is 116 cm³/mol. The summed E-state index contributed by atoms with van der Waals surface area (Å²) in [5.41, 5.74) is -0.814. The standard InChI is InChI=1S/C23H23ClO10/c1-23(2,22(31)33-21-18(28)16(26)17(27)19(32-21)20(29)30)34-14-9-5-12(6-10-14)15(25)11-3-7-13(24)8-4-11/h3-10,16-19,21,26-28H,1-2H3,(H,29,30)/t16-,17-,18+,19-,21?/m0/s1. The van der Waals surface area contributed by atoms with Gasteiger partial charge in [0.1, 0.15) is 24.1 Å². The number of benzene rings is 2. The molecule has 10 nitrogen and oxygen atoms in total. The lowest BCUT2D eigenvalue weighted by atomic mass is 9.99. The number of esters is 1. The highest BCUT2D eigenvalue weighted by atomic mass is 35.5. The first kappa shape index (κ1) is 25.6. The van der Waals surface area contributed by atoms with E-state index < -0.39 is 48.2 Å². The average Bonchev–Trinajstić information content (AvgIpc) is 2.79. The van der Waals surface area contributed by atoms with Gasteiger partial charge in [0.25, 0.3) is 0 Å². The molecule has 1 saturated heterocycles. The molecular weight excluding hydrogens is 472 g/mol. The molecule has 34 heavy (non-hydrogen) atoms. The van der Waals surface area contributed by atoms with E-state index in [1.165, 1.54) is 38.1 Å². The van der Waals surface area contributed by atoms with Gasteiger partial charge in [0.15, 0.2) is 17.5 Å². The molecule has 1 aliphatic heterocycles. The maximum atomic E-state index is 12.6. The molecule has 11 heteroatoms. The van der Waals surface area contributed by atoms with Gasteiger partial charge in [-0.25, -0.2) is 9.59 Å². The Balaban J connectivity index is 1.66. The van der Waals surface area contributed by atoms with Gasteiger partial charge in [-0.15, -0.1) is 0 Å². The van der Waals surface area contributed by atoms with Crippen LogP contribution in [0.1, 0.15) is 29.8 Å². The van der Waals surface area contributed by atoms with Crippen LogP contribution in [-0.2, 0) is 19.1 Å². The van der Waals surface area contributed by atoms with E-state index in [2.05, 4.69) is 0 Å². The lowest BCUT2D eigenvalue weighted by molar-refractivity contribution is -0.289. The molecule has 1 unspecified atom stereocenters. The molecule has 1 aliphatic rings. The monoisotopic (exact) mass is 494 g/mol. The minimum absolute atomic E-state index is 0.221. The summed E-state index contributed by atoms with van der Waals surface area (Å²) >= 11 is 5.84. The molecule has 1 fully saturated rings. The number of carboxylic acids is 1. The van der Waals surface area contributed by atoms with Crippen LogP contribution in [0.3, 0.4) is 0 Å². The number of aliphatic hydroxyl groups excluding tert-OH is 3. The Bertz CT molecular complexity index is 1050. The second-order valence-corrected chi connectivity index (χ2v) is 8.55. The molecule has 0 aromatic heterocycles. The summed E-state index contributed by atoms with van der Waals surface area (Å²) in [7, 11) is 0. The van der Waals surface area contributed by atoms with E-state index in [-0.39, 0.29) is 11.5 Å². The van der Waals surface area contributed by atoms with Gasteiger partial charge < -0.3 is 34.6 Å². The van der Waals surface area contributed by atoms with Crippen molar-refractivity contribution < 1.29 is 49.0 Å². The van der Waals surface area contributed by atoms with Crippen molar-refractivity contribution in [3.05, 3.63) is 64.7 Å². The van der Waals surface area contributed by atoms with E-state index in [4.69, 9.17) is 30.9 Å². The van der Waals surface area contributed by atoms with Crippen LogP contribution in [0, 0.1) is 0 Å². The predicted octanol–water partition coefficient (Wildman–Crippen LogP) is 1.16. The van der Waals surface area contributed by atoms with Gasteiger partial charge in [-0.1, -0.05) is 11.6 Å². The van der Waals surface area contributed by atoms with Crippen molar-refractivity contribution in [2.75, 3.05) is 0 Å². The van der Waals surface area contributed by atoms with E-state index in [1.807, 2.05) is 0 Å². The fourth-order valence-corrected chi connectivity index (χ4v) is 3.30. The molecule has 0 spiro atoms. The third-order valence-electron chi connectivity index (χ3n) is 5.12. The summed E-state index contributed by atoms with van der Waals surface area (Å²) in [6.45, 7) is 2.72. The number of carbonyl (C=O) groups excluding carboxylic acids is 2. The highest BCUT2D eigenvalue weighted by Crippen LogP contribution is 2.26. The summed E-state index contributed by atoms with van der Waals surface area (Å²) in [4.78, 5) is 36.4. The zero-order valence-corrected chi connectivity index (χ0v) is 18.9. The van der Waals surface area contributed by atoms with Gasteiger partial charge >= 0.3 is 11.9 Å². The van der Waals surface area contributed by atoms with Crippen molar-refractivity contribution >= 4 is 29.3 Å². The van der Waals surface area contributed by atoms with Gasteiger partial charge in [0.05, 0.1) is 0 Å². The second-order valence-electron chi connectivity index (χ2n) is 8.11. The van der Waals surface area contributed by atoms with Crippen LogP contribution >= 0.6 is 11.6 Å². The number of hydrogen-bond donors (Lipinski definition) is 4. The maximum absolute atomic E-state index is 12.6. The number of carboxylic acid groups (broad SMARTS) is 1. The zero-order valence-electron chi connectivity index (χ0n) is 18.1. The minimum Gasteiger partial charge on any atom is -0.479 e. The first-order valence-corrected chi connectivity index (χ1v) is 10.5. The topological polar surface area (TPSA) is 160 Å². The van der Waals surface area contributed by atoms with Crippen LogP contribution in [0.25, 0.3) is 0 Å². The first-order chi connectivity index (χ1) is 15.9. The Morgan fingerprint density at radius 1 is 0.882 bits per heavy atom. The molecule has 5 atom stereocenters. The largest absolute Gasteiger partial charge is 0.479 e. The van der Waals surface area contributed by atoms with Crippen LogP contribution < -0.4 is 4.74 Å². The van der Waals surface area contributed by atoms with E-state index >= 15 is 0 Å². The molecule has 1 heterocycles. The molecule has 0 amide bonds. The molecule has 4 N–H and O–H groups in total. The molecular formula is C23H23ClO10. The van der Waals surface area contributed by atoms with Crippen LogP contribution in [0.2, 0.25) is 5.02 Å². The number of rotatable bonds is 7. The third kappa shape index (κ3) is 5.54. The van der Waals surface area contributed by atoms with Crippen molar-refractivity contribution in [3.8, 4) is 5.75 Å². The molecule has 3 rings (SSSR count). The zero-order chi connectivity index (χ0) is 25.2. The number of ether oxygens (including phenoxy) is 3. The molecule has 182 valence electrons. The number of aliphatic carboxylic acids is 1. The van der Waals surface area contributed by atoms with E-state index in [0.29, 0.717) is 16.1 Å². The number of halogens is 1. The lowest BCUT2D eigenvalue weighted by Gasteiger charge is -2.39. The number of aliphatic hydroxyl groups is 3. The average molecular weight is 495 g/mol. The van der Waals surface area contributed by atoms with Gasteiger partial charge in [-0.05, 0) is 62.4 Å². The van der Waals surface area contributed by atoms with E-state index in [0.717, 1.165) is 0 Å². The Labute approximate surface area is 199 Å². The van der Waals surface area contributed by atoms with Crippen molar-refractivity contribution in [2.45, 2.75) is 50.2 Å². The van der Waals surface area contributed by atoms with Gasteiger partial charge in [-0.3, -0.25) is 4.79 Å². The Morgan fingerprint density at radius 2 is 1.41 bits per heavy atom. The van der Waals surface area contributed by atoms with E-state index in [9.17, 15) is 29.7 Å². The quantitative estimate of drug-likeness (QED) is 0.325. The molecule has 2 aromatic carbocycles. The Morgan fingerprint density at radius 3 is 1.94 bits per heavy atom. The van der Waals surface area contributed by atoms with Gasteiger partial charge in [-0.2, -0.15) is 0 Å². The van der Waals surface area contributed by atoms with Crippen LogP contribution in [-0.4, -0.2) is 74.5 Å². The molecule has 0 saturated carbocycles. The van der Waals surface area contributed by atoms with Crippen LogP contribution in [0.15, 0.2) is 48.5 Å². The van der Waals surface area contributed by atoms with Gasteiger partial charge in [0, 0.05) is 16.1 Å². The smallest absolute Gasteiger partial charge is 0.352 e. The number of carbonyl (C=O) groups is 3. The third-order valence-corrected chi connectivity index (χ3v) is 5.38. The highest BCUT2D eigenvalue weighted by molar-refractivity contribution is 6.30. The Kier molecular flexibility index (Phi) is 7.59. The van der Waals surface area contributed by atoms with Crippen molar-refractivity contribution in [1.29, 1.82) is 0 Å². The second kappa shape index (κ2) is 10.1. The fourth-order valence-electron chi connectivity index (χ4n) is 3.18. The van der Waals surface area contributed by atoms with Crippen LogP contribution in [0.4, 0.5) is 0 Å². The first-order valence-electron chi connectivity index (χ1n) is 10.1. The highest BCUT2D eigenvalue weighted by Gasteiger charge is 2.49. The maximum Gasteiger partial charge on any atom is 0.352 e. The van der Waals surface area contributed by atoms with Crippen molar-refractivity contribution in [3.63, 3.8) is 0 Å². The fraction of sp³-hybridized carbons (Fsp3) is 0.348. The van der Waals surface area contributed by atoms with Crippen molar-refractivity contribution in [1.82, 2.24) is 0 Å². The summed E-state index contributed by atoms with van der Waals surface area (Å²) in [6.07, 6.45) is -9.48. The van der Waals surface area contributed by atoms with Gasteiger partial charge in [0.2, 0.25) is 6.29 Å². The summed E-state index contributed by atoms with van der Waals surface area (Å²) in [5.74, 6) is -2.66. The Hall–Kier alpha value is -3.02. The summed E-state index contributed by atoms with van der Waals surface area (Å²) < 4.78 is 15.6. The number of ketones is 1. The molecule has 2 aromatic rings. The van der Waals surface area contributed by atoms with Crippen molar-refractivity contribution in [2.24, 2.45) is 0 Å². The molecule has 0 aliphatic carbocycles.